The summed E-state index contributed by atoms with van der Waals surface area (Å²) in [5, 5.41) is 13.0. The number of aromatic amines is 1. The molecule has 0 amide bonds. The third-order valence-electron chi connectivity index (χ3n) is 4.09. The van der Waals surface area contributed by atoms with Crippen LogP contribution < -0.4 is 21.3 Å². The Balaban J connectivity index is 1.46. The van der Waals surface area contributed by atoms with Crippen molar-refractivity contribution < 1.29 is 4.74 Å². The molecule has 10 heteroatoms. The fourth-order valence-corrected chi connectivity index (χ4v) is 3.03. The van der Waals surface area contributed by atoms with Crippen LogP contribution in [-0.4, -0.2) is 46.5 Å². The number of H-pyrrole nitrogens is 1. The largest absolute Gasteiger partial charge is 0.384 e. The van der Waals surface area contributed by atoms with Crippen molar-refractivity contribution in [2.24, 2.45) is 0 Å². The molecule has 1 aromatic carbocycles. The standard InChI is InChI=1S/C17H19BrN8O/c18-13-10-20-17(23-16(13)22-15-9-14(19)24-25-15)21-11-1-3-12(4-2-11)26-5-7-27-8-6-26/h1-4,9-10H,5-8H2,(H5,19,20,21,22,23,24,25). The molecule has 140 valence electrons. The molecule has 4 rings (SSSR count). The number of hydrogen-bond donors (Lipinski definition) is 4. The molecule has 5 N–H and O–H groups in total. The Kier molecular flexibility index (Phi) is 5.07. The number of benzene rings is 1. The first-order valence-electron chi connectivity index (χ1n) is 8.47. The van der Waals surface area contributed by atoms with Crippen LogP contribution in [0, 0.1) is 0 Å². The minimum Gasteiger partial charge on any atom is -0.384 e. The summed E-state index contributed by atoms with van der Waals surface area (Å²) in [7, 11) is 0. The third kappa shape index (κ3) is 4.29. The van der Waals surface area contributed by atoms with E-state index >= 15 is 0 Å². The smallest absolute Gasteiger partial charge is 0.229 e. The van der Waals surface area contributed by atoms with Crippen LogP contribution in [0.5, 0.6) is 0 Å². The number of nitrogens with two attached hydrogens (primary N) is 1. The van der Waals surface area contributed by atoms with Gasteiger partial charge in [-0.15, -0.1) is 0 Å². The third-order valence-corrected chi connectivity index (χ3v) is 4.67. The second-order valence-electron chi connectivity index (χ2n) is 5.99. The number of halogens is 1. The zero-order valence-corrected chi connectivity index (χ0v) is 16.0. The highest BCUT2D eigenvalue weighted by Crippen LogP contribution is 2.26. The van der Waals surface area contributed by atoms with Crippen LogP contribution >= 0.6 is 15.9 Å². The molecule has 2 aromatic heterocycles. The number of nitrogens with one attached hydrogen (secondary N) is 3. The van der Waals surface area contributed by atoms with E-state index in [9.17, 15) is 0 Å². The van der Waals surface area contributed by atoms with Gasteiger partial charge in [0.25, 0.3) is 0 Å². The monoisotopic (exact) mass is 430 g/mol. The van der Waals surface area contributed by atoms with Crippen LogP contribution in [0.1, 0.15) is 0 Å². The lowest BCUT2D eigenvalue weighted by Crippen LogP contribution is -2.36. The fourth-order valence-electron chi connectivity index (χ4n) is 2.74. The van der Waals surface area contributed by atoms with Crippen molar-refractivity contribution in [3.8, 4) is 0 Å². The first kappa shape index (κ1) is 17.6. The zero-order valence-electron chi connectivity index (χ0n) is 14.4. The highest BCUT2D eigenvalue weighted by molar-refractivity contribution is 9.10. The number of morpholine rings is 1. The zero-order chi connectivity index (χ0) is 18.6. The van der Waals surface area contributed by atoms with Crippen molar-refractivity contribution in [2.45, 2.75) is 0 Å². The molecule has 3 aromatic rings. The Morgan fingerprint density at radius 1 is 1.15 bits per heavy atom. The van der Waals surface area contributed by atoms with Gasteiger partial charge in [0.1, 0.15) is 5.82 Å². The number of anilines is 6. The Morgan fingerprint density at radius 3 is 2.63 bits per heavy atom. The fraction of sp³-hybridized carbons (Fsp3) is 0.235. The van der Waals surface area contributed by atoms with E-state index in [2.05, 4.69) is 63.8 Å². The van der Waals surface area contributed by atoms with E-state index in [4.69, 9.17) is 10.5 Å². The average Bonchev–Trinajstić information content (AvgIpc) is 3.10. The normalized spacial score (nSPS) is 14.2. The van der Waals surface area contributed by atoms with Crippen molar-refractivity contribution >= 4 is 50.7 Å². The summed E-state index contributed by atoms with van der Waals surface area (Å²) in [6.45, 7) is 3.36. The van der Waals surface area contributed by atoms with Gasteiger partial charge in [0.15, 0.2) is 11.6 Å². The molecule has 0 radical (unpaired) electrons. The lowest BCUT2D eigenvalue weighted by Gasteiger charge is -2.28. The molecular weight excluding hydrogens is 412 g/mol. The minimum absolute atomic E-state index is 0.474. The summed E-state index contributed by atoms with van der Waals surface area (Å²) in [5.74, 6) is 2.11. The number of ether oxygens (including phenoxy) is 1. The second-order valence-corrected chi connectivity index (χ2v) is 6.85. The average molecular weight is 431 g/mol. The van der Waals surface area contributed by atoms with Gasteiger partial charge in [0.05, 0.1) is 17.7 Å². The predicted molar refractivity (Wildman–Crippen MR) is 109 cm³/mol. The summed E-state index contributed by atoms with van der Waals surface area (Å²) in [4.78, 5) is 11.1. The van der Waals surface area contributed by atoms with Crippen LogP contribution in [0.2, 0.25) is 0 Å². The molecule has 3 heterocycles. The van der Waals surface area contributed by atoms with E-state index in [1.165, 1.54) is 5.69 Å². The van der Waals surface area contributed by atoms with E-state index in [1.54, 1.807) is 12.3 Å². The topological polar surface area (TPSA) is 117 Å². The molecule has 9 nitrogen and oxygen atoms in total. The number of nitrogen functional groups attached to an aromatic ring is 1. The van der Waals surface area contributed by atoms with E-state index in [0.717, 1.165) is 36.5 Å². The van der Waals surface area contributed by atoms with Crippen LogP contribution in [0.3, 0.4) is 0 Å². The van der Waals surface area contributed by atoms with E-state index in [0.29, 0.717) is 23.4 Å². The predicted octanol–water partition coefficient (Wildman–Crippen LogP) is 2.87. The Bertz CT molecular complexity index is 908. The van der Waals surface area contributed by atoms with E-state index < -0.39 is 0 Å². The summed E-state index contributed by atoms with van der Waals surface area (Å²) in [5.41, 5.74) is 7.73. The highest BCUT2D eigenvalue weighted by atomic mass is 79.9. The lowest BCUT2D eigenvalue weighted by molar-refractivity contribution is 0.122. The summed E-state index contributed by atoms with van der Waals surface area (Å²) in [6, 6.07) is 9.87. The van der Waals surface area contributed by atoms with Gasteiger partial charge in [-0.3, -0.25) is 5.10 Å². The maximum Gasteiger partial charge on any atom is 0.229 e. The summed E-state index contributed by atoms with van der Waals surface area (Å²) in [6.07, 6.45) is 1.68. The first-order valence-corrected chi connectivity index (χ1v) is 9.27. The number of rotatable bonds is 5. The van der Waals surface area contributed by atoms with Crippen LogP contribution in [0.15, 0.2) is 41.0 Å². The number of hydrogen-bond acceptors (Lipinski definition) is 8. The molecule has 0 saturated carbocycles. The SMILES string of the molecule is Nc1cc(Nc2nc(Nc3ccc(N4CCOCC4)cc3)ncc2Br)n[nH]1. The maximum atomic E-state index is 5.64. The summed E-state index contributed by atoms with van der Waals surface area (Å²) >= 11 is 3.43. The number of nitrogens with zero attached hydrogens (tertiary/aromatic N) is 4. The van der Waals surface area contributed by atoms with Crippen LogP contribution in [0.4, 0.5) is 34.8 Å². The molecule has 27 heavy (non-hydrogen) atoms. The summed E-state index contributed by atoms with van der Waals surface area (Å²) < 4.78 is 6.11. The van der Waals surface area contributed by atoms with Crippen LogP contribution in [-0.2, 0) is 4.74 Å². The van der Waals surface area contributed by atoms with Crippen molar-refractivity contribution in [2.75, 3.05) is 47.6 Å². The van der Waals surface area contributed by atoms with Gasteiger partial charge >= 0.3 is 0 Å². The first-order chi connectivity index (χ1) is 13.2. The van der Waals surface area contributed by atoms with Gasteiger partial charge in [-0.1, -0.05) is 0 Å². The molecule has 1 aliphatic rings. The van der Waals surface area contributed by atoms with Gasteiger partial charge in [0.2, 0.25) is 5.95 Å². The van der Waals surface area contributed by atoms with Crippen molar-refractivity contribution in [1.82, 2.24) is 20.2 Å². The van der Waals surface area contributed by atoms with Gasteiger partial charge in [-0.25, -0.2) is 4.98 Å². The minimum atomic E-state index is 0.474. The number of aromatic nitrogens is 4. The highest BCUT2D eigenvalue weighted by Gasteiger charge is 2.11. The van der Waals surface area contributed by atoms with Crippen molar-refractivity contribution in [3.63, 3.8) is 0 Å². The van der Waals surface area contributed by atoms with Crippen molar-refractivity contribution in [1.29, 1.82) is 0 Å². The van der Waals surface area contributed by atoms with Gasteiger partial charge in [-0.05, 0) is 40.2 Å². The molecule has 0 atom stereocenters. The van der Waals surface area contributed by atoms with E-state index in [-0.39, 0.29) is 0 Å². The molecular formula is C17H19BrN8O. The van der Waals surface area contributed by atoms with Crippen LogP contribution in [0.25, 0.3) is 0 Å². The lowest BCUT2D eigenvalue weighted by atomic mass is 10.2. The van der Waals surface area contributed by atoms with Gasteiger partial charge in [0, 0.05) is 36.7 Å². The molecule has 1 fully saturated rings. The quantitative estimate of drug-likeness (QED) is 0.487. The molecule has 0 unspecified atom stereocenters. The Labute approximate surface area is 164 Å². The molecule has 1 aliphatic heterocycles. The Hall–Kier alpha value is -2.85. The second kappa shape index (κ2) is 7.80. The molecule has 0 aliphatic carbocycles. The van der Waals surface area contributed by atoms with E-state index in [1.807, 2.05) is 12.1 Å². The molecule has 0 spiro atoms. The molecule has 1 saturated heterocycles. The van der Waals surface area contributed by atoms with Crippen molar-refractivity contribution in [3.05, 3.63) is 41.0 Å². The van der Waals surface area contributed by atoms with Gasteiger partial charge in [-0.2, -0.15) is 10.1 Å². The molecule has 0 bridgehead atoms. The van der Waals surface area contributed by atoms with Gasteiger partial charge < -0.3 is 26.0 Å². The Morgan fingerprint density at radius 2 is 1.93 bits per heavy atom. The maximum absolute atomic E-state index is 5.64.